The van der Waals surface area contributed by atoms with Crippen molar-refractivity contribution in [3.63, 3.8) is 0 Å². The largest absolute Gasteiger partial charge is 0.369 e. The van der Waals surface area contributed by atoms with E-state index in [4.69, 9.17) is 0 Å². The number of hydrogen-bond acceptors (Lipinski definition) is 4. The van der Waals surface area contributed by atoms with Crippen LogP contribution in [0, 0.1) is 11.8 Å². The number of carbonyl (C=O) groups is 1. The molecule has 2 saturated carbocycles. The van der Waals surface area contributed by atoms with E-state index in [9.17, 15) is 4.79 Å². The van der Waals surface area contributed by atoms with Gasteiger partial charge in [0.2, 0.25) is 0 Å². The fourth-order valence-corrected chi connectivity index (χ4v) is 2.57. The summed E-state index contributed by atoms with van der Waals surface area (Å²) in [6.45, 7) is 2.93. The van der Waals surface area contributed by atoms with Crippen LogP contribution in [0.5, 0.6) is 0 Å². The second-order valence-corrected chi connectivity index (χ2v) is 5.89. The third-order valence-electron chi connectivity index (χ3n) is 3.98. The van der Waals surface area contributed by atoms with Crippen molar-refractivity contribution in [1.29, 1.82) is 0 Å². The number of nitrogens with one attached hydrogen (secondary N) is 2. The highest BCUT2D eigenvalue weighted by atomic mass is 16.2. The summed E-state index contributed by atoms with van der Waals surface area (Å²) in [4.78, 5) is 20.7. The zero-order valence-corrected chi connectivity index (χ0v) is 11.9. The summed E-state index contributed by atoms with van der Waals surface area (Å²) in [6, 6.07) is 0.358. The van der Waals surface area contributed by atoms with Gasteiger partial charge in [0.1, 0.15) is 11.5 Å². The third-order valence-corrected chi connectivity index (χ3v) is 3.98. The first-order chi connectivity index (χ1) is 9.78. The van der Waals surface area contributed by atoms with Crippen LogP contribution in [-0.4, -0.2) is 28.5 Å². The number of hydrogen-bond donors (Lipinski definition) is 2. The van der Waals surface area contributed by atoms with E-state index in [1.54, 1.807) is 12.4 Å². The lowest BCUT2D eigenvalue weighted by Gasteiger charge is -2.17. The SMILES string of the molecule is CCCNc1cncc(C(=O)NC(C2CC2)C2CC2)n1. The van der Waals surface area contributed by atoms with Gasteiger partial charge in [-0.3, -0.25) is 9.78 Å². The van der Waals surface area contributed by atoms with Gasteiger partial charge in [-0.2, -0.15) is 0 Å². The molecule has 2 N–H and O–H groups in total. The minimum absolute atomic E-state index is 0.0820. The smallest absolute Gasteiger partial charge is 0.271 e. The van der Waals surface area contributed by atoms with Crippen molar-refractivity contribution in [2.24, 2.45) is 11.8 Å². The Labute approximate surface area is 119 Å². The zero-order chi connectivity index (χ0) is 13.9. The molecule has 108 valence electrons. The van der Waals surface area contributed by atoms with Crippen LogP contribution in [0.25, 0.3) is 0 Å². The summed E-state index contributed by atoms with van der Waals surface area (Å²) in [5.74, 6) is 1.98. The molecule has 1 aromatic rings. The van der Waals surface area contributed by atoms with Gasteiger partial charge in [-0.05, 0) is 43.9 Å². The van der Waals surface area contributed by atoms with Crippen LogP contribution >= 0.6 is 0 Å². The Kier molecular flexibility index (Phi) is 3.85. The molecule has 0 unspecified atom stereocenters. The molecule has 2 aliphatic carbocycles. The van der Waals surface area contributed by atoms with Crippen molar-refractivity contribution in [3.05, 3.63) is 18.1 Å². The quantitative estimate of drug-likeness (QED) is 0.800. The van der Waals surface area contributed by atoms with E-state index in [2.05, 4.69) is 27.5 Å². The Morgan fingerprint density at radius 1 is 1.30 bits per heavy atom. The molecule has 0 spiro atoms. The zero-order valence-electron chi connectivity index (χ0n) is 11.9. The molecule has 0 bridgehead atoms. The minimum Gasteiger partial charge on any atom is -0.369 e. The fourth-order valence-electron chi connectivity index (χ4n) is 2.57. The Morgan fingerprint density at radius 2 is 2.00 bits per heavy atom. The van der Waals surface area contributed by atoms with Crippen LogP contribution < -0.4 is 10.6 Å². The lowest BCUT2D eigenvalue weighted by molar-refractivity contribution is 0.0921. The molecule has 0 aromatic carbocycles. The molecule has 2 aliphatic rings. The topological polar surface area (TPSA) is 66.9 Å². The number of anilines is 1. The fraction of sp³-hybridized carbons (Fsp3) is 0.667. The number of amides is 1. The third kappa shape index (κ3) is 3.26. The summed E-state index contributed by atoms with van der Waals surface area (Å²) in [5.41, 5.74) is 0.414. The Morgan fingerprint density at radius 3 is 2.60 bits per heavy atom. The van der Waals surface area contributed by atoms with E-state index in [-0.39, 0.29) is 5.91 Å². The normalized spacial score (nSPS) is 18.1. The predicted molar refractivity (Wildman–Crippen MR) is 77.5 cm³/mol. The number of nitrogens with zero attached hydrogens (tertiary/aromatic N) is 2. The van der Waals surface area contributed by atoms with Gasteiger partial charge in [0.25, 0.3) is 5.91 Å². The van der Waals surface area contributed by atoms with E-state index in [1.807, 2.05) is 0 Å². The molecule has 20 heavy (non-hydrogen) atoms. The molecule has 0 radical (unpaired) electrons. The minimum atomic E-state index is -0.0820. The second-order valence-electron chi connectivity index (χ2n) is 5.89. The molecule has 1 heterocycles. The number of aromatic nitrogens is 2. The van der Waals surface area contributed by atoms with Gasteiger partial charge in [-0.1, -0.05) is 6.92 Å². The first-order valence-electron chi connectivity index (χ1n) is 7.64. The van der Waals surface area contributed by atoms with Crippen LogP contribution in [-0.2, 0) is 0 Å². The first-order valence-corrected chi connectivity index (χ1v) is 7.64. The second kappa shape index (κ2) is 5.77. The number of carbonyl (C=O) groups excluding carboxylic acids is 1. The van der Waals surface area contributed by atoms with Crippen LogP contribution in [0.4, 0.5) is 5.82 Å². The van der Waals surface area contributed by atoms with Crippen molar-refractivity contribution >= 4 is 11.7 Å². The van der Waals surface area contributed by atoms with Crippen molar-refractivity contribution < 1.29 is 4.79 Å². The van der Waals surface area contributed by atoms with Crippen molar-refractivity contribution in [3.8, 4) is 0 Å². The van der Waals surface area contributed by atoms with Gasteiger partial charge in [0, 0.05) is 12.6 Å². The number of rotatable bonds is 7. The van der Waals surface area contributed by atoms with Gasteiger partial charge < -0.3 is 10.6 Å². The molecule has 3 rings (SSSR count). The molecule has 0 saturated heterocycles. The van der Waals surface area contributed by atoms with E-state index >= 15 is 0 Å². The Bertz CT molecular complexity index is 471. The van der Waals surface area contributed by atoms with Crippen molar-refractivity contribution in [2.75, 3.05) is 11.9 Å². The van der Waals surface area contributed by atoms with Crippen molar-refractivity contribution in [2.45, 2.75) is 45.1 Å². The molecule has 0 aliphatic heterocycles. The maximum Gasteiger partial charge on any atom is 0.271 e. The van der Waals surface area contributed by atoms with E-state index in [1.165, 1.54) is 25.7 Å². The Balaban J connectivity index is 1.63. The predicted octanol–water partition coefficient (Wildman–Crippen LogP) is 2.22. The molecule has 5 nitrogen and oxygen atoms in total. The molecule has 0 atom stereocenters. The monoisotopic (exact) mass is 274 g/mol. The molecule has 1 aromatic heterocycles. The summed E-state index contributed by atoms with van der Waals surface area (Å²) in [6.07, 6.45) is 9.24. The maximum absolute atomic E-state index is 12.3. The van der Waals surface area contributed by atoms with Gasteiger partial charge in [0.05, 0.1) is 12.4 Å². The lowest BCUT2D eigenvalue weighted by Crippen LogP contribution is -2.38. The van der Waals surface area contributed by atoms with Gasteiger partial charge >= 0.3 is 0 Å². The van der Waals surface area contributed by atoms with Gasteiger partial charge in [0.15, 0.2) is 0 Å². The van der Waals surface area contributed by atoms with Crippen LogP contribution in [0.2, 0.25) is 0 Å². The highest BCUT2D eigenvalue weighted by Gasteiger charge is 2.42. The summed E-state index contributed by atoms with van der Waals surface area (Å²) < 4.78 is 0. The molecule has 2 fully saturated rings. The van der Waals surface area contributed by atoms with Crippen LogP contribution in [0.1, 0.15) is 49.5 Å². The summed E-state index contributed by atoms with van der Waals surface area (Å²) in [7, 11) is 0. The first kappa shape index (κ1) is 13.3. The summed E-state index contributed by atoms with van der Waals surface area (Å²) in [5, 5.41) is 6.33. The van der Waals surface area contributed by atoms with Crippen molar-refractivity contribution in [1.82, 2.24) is 15.3 Å². The molecule has 1 amide bonds. The maximum atomic E-state index is 12.3. The van der Waals surface area contributed by atoms with Gasteiger partial charge in [-0.15, -0.1) is 0 Å². The van der Waals surface area contributed by atoms with E-state index < -0.39 is 0 Å². The standard InChI is InChI=1S/C15H22N4O/c1-2-7-17-13-9-16-8-12(18-13)15(20)19-14(10-3-4-10)11-5-6-11/h8-11,14H,2-7H2,1H3,(H,17,18)(H,19,20). The molecular weight excluding hydrogens is 252 g/mol. The highest BCUT2D eigenvalue weighted by molar-refractivity contribution is 5.92. The highest BCUT2D eigenvalue weighted by Crippen LogP contribution is 2.44. The van der Waals surface area contributed by atoms with Gasteiger partial charge in [-0.25, -0.2) is 4.98 Å². The average Bonchev–Trinajstić information content (AvgIpc) is 3.35. The Hall–Kier alpha value is -1.65. The lowest BCUT2D eigenvalue weighted by atomic mass is 10.1. The van der Waals surface area contributed by atoms with Crippen LogP contribution in [0.15, 0.2) is 12.4 Å². The van der Waals surface area contributed by atoms with E-state index in [0.717, 1.165) is 13.0 Å². The summed E-state index contributed by atoms with van der Waals surface area (Å²) >= 11 is 0. The molecule has 5 heteroatoms. The average molecular weight is 274 g/mol. The van der Waals surface area contributed by atoms with Crippen LogP contribution in [0.3, 0.4) is 0 Å². The van der Waals surface area contributed by atoms with E-state index in [0.29, 0.717) is 29.4 Å². The molecular formula is C15H22N4O.